The van der Waals surface area contributed by atoms with E-state index in [-0.39, 0.29) is 12.1 Å². The van der Waals surface area contributed by atoms with Gasteiger partial charge in [-0.1, -0.05) is 6.07 Å². The van der Waals surface area contributed by atoms with Gasteiger partial charge in [0.25, 0.3) is 0 Å². The summed E-state index contributed by atoms with van der Waals surface area (Å²) >= 11 is 1.32. The van der Waals surface area contributed by atoms with Crippen molar-refractivity contribution in [3.63, 3.8) is 0 Å². The van der Waals surface area contributed by atoms with Crippen LogP contribution < -0.4 is 0 Å². The summed E-state index contributed by atoms with van der Waals surface area (Å²) in [6, 6.07) is 3.15. The summed E-state index contributed by atoms with van der Waals surface area (Å²) < 4.78 is 33.2. The summed E-state index contributed by atoms with van der Waals surface area (Å²) in [6.07, 6.45) is 2.76. The molecule has 1 atom stereocenters. The molecule has 2 aromatic rings. The molecule has 0 fully saturated rings. The molecule has 0 bridgehead atoms. The second-order valence-corrected chi connectivity index (χ2v) is 7.18. The molecule has 0 amide bonds. The van der Waals surface area contributed by atoms with Gasteiger partial charge < -0.3 is 9.84 Å². The van der Waals surface area contributed by atoms with E-state index in [1.165, 1.54) is 42.3 Å². The van der Waals surface area contributed by atoms with E-state index in [2.05, 4.69) is 10.1 Å². The molecule has 0 spiro atoms. The summed E-state index contributed by atoms with van der Waals surface area (Å²) in [5.74, 6) is -1.19. The average Bonchev–Trinajstić information content (AvgIpc) is 2.97. The van der Waals surface area contributed by atoms with Crippen LogP contribution in [0.3, 0.4) is 0 Å². The van der Waals surface area contributed by atoms with Crippen LogP contribution in [-0.2, 0) is 16.9 Å². The first-order valence-electron chi connectivity index (χ1n) is 6.93. The number of ether oxygens (including phenoxy) is 1. The summed E-state index contributed by atoms with van der Waals surface area (Å²) in [6.45, 7) is 3.52. The number of rotatable bonds is 7. The van der Waals surface area contributed by atoms with Gasteiger partial charge in [0.15, 0.2) is 0 Å². The Hall–Kier alpha value is -1.51. The van der Waals surface area contributed by atoms with Crippen LogP contribution in [0.5, 0.6) is 0 Å². The number of hydrogen-bond donors (Lipinski definition) is 1. The van der Waals surface area contributed by atoms with Gasteiger partial charge in [-0.2, -0.15) is 5.10 Å². The van der Waals surface area contributed by atoms with Crippen molar-refractivity contribution in [2.45, 2.75) is 30.7 Å². The Morgan fingerprint density at radius 2 is 2.09 bits per heavy atom. The van der Waals surface area contributed by atoms with Crippen molar-refractivity contribution in [2.75, 3.05) is 13.0 Å². The molecule has 23 heavy (non-hydrogen) atoms. The van der Waals surface area contributed by atoms with E-state index >= 15 is 0 Å². The van der Waals surface area contributed by atoms with Crippen LogP contribution >= 0.6 is 11.8 Å². The van der Waals surface area contributed by atoms with Gasteiger partial charge in [0.1, 0.15) is 29.9 Å². The summed E-state index contributed by atoms with van der Waals surface area (Å²) in [7, 11) is 1.54. The first kappa shape index (κ1) is 17.8. The van der Waals surface area contributed by atoms with Gasteiger partial charge in [-0.3, -0.25) is 0 Å². The van der Waals surface area contributed by atoms with E-state index in [9.17, 15) is 13.9 Å². The second kappa shape index (κ2) is 6.94. The molecule has 0 saturated carbocycles. The molecule has 0 aliphatic carbocycles. The molecule has 1 heterocycles. The zero-order valence-corrected chi connectivity index (χ0v) is 14.0. The lowest BCUT2D eigenvalue weighted by Crippen LogP contribution is -2.49. The van der Waals surface area contributed by atoms with Crippen LogP contribution in [0.1, 0.15) is 19.4 Å². The van der Waals surface area contributed by atoms with Crippen molar-refractivity contribution in [1.82, 2.24) is 14.8 Å². The molecule has 5 nitrogen and oxygen atoms in total. The van der Waals surface area contributed by atoms with Crippen molar-refractivity contribution in [1.29, 1.82) is 0 Å². The fraction of sp³-hybridized carbons (Fsp3) is 0.467. The van der Waals surface area contributed by atoms with E-state index in [4.69, 9.17) is 4.74 Å². The van der Waals surface area contributed by atoms with Gasteiger partial charge in [0.05, 0.1) is 12.5 Å². The van der Waals surface area contributed by atoms with Gasteiger partial charge in [-0.15, -0.1) is 11.8 Å². The lowest BCUT2D eigenvalue weighted by atomic mass is 9.82. The Morgan fingerprint density at radius 1 is 1.35 bits per heavy atom. The molecule has 1 aromatic heterocycles. The van der Waals surface area contributed by atoms with Crippen molar-refractivity contribution in [3.05, 3.63) is 48.1 Å². The zero-order chi connectivity index (χ0) is 17.1. The van der Waals surface area contributed by atoms with Gasteiger partial charge in [0.2, 0.25) is 0 Å². The molecule has 1 N–H and O–H groups in total. The van der Waals surface area contributed by atoms with E-state index in [1.54, 1.807) is 13.8 Å². The largest absolute Gasteiger partial charge is 0.382 e. The van der Waals surface area contributed by atoms with Crippen molar-refractivity contribution < 1.29 is 18.6 Å². The number of benzene rings is 1. The predicted molar refractivity (Wildman–Crippen MR) is 83.8 cm³/mol. The summed E-state index contributed by atoms with van der Waals surface area (Å²) in [5.41, 5.74) is -1.65. The Balaban J connectivity index is 2.49. The summed E-state index contributed by atoms with van der Waals surface area (Å²) in [5, 5.41) is 15.3. The minimum absolute atomic E-state index is 0.00278. The molecular weight excluding hydrogens is 324 g/mol. The maximum atomic E-state index is 14.3. The zero-order valence-electron chi connectivity index (χ0n) is 13.2. The maximum Gasteiger partial charge on any atom is 0.137 e. The number of hydrogen-bond acceptors (Lipinski definition) is 5. The Morgan fingerprint density at radius 3 is 2.65 bits per heavy atom. The second-order valence-electron chi connectivity index (χ2n) is 5.64. The van der Waals surface area contributed by atoms with Crippen LogP contribution in [0.2, 0.25) is 0 Å². The first-order valence-corrected chi connectivity index (χ1v) is 7.92. The summed E-state index contributed by atoms with van der Waals surface area (Å²) in [4.78, 5) is 3.84. The van der Waals surface area contributed by atoms with Gasteiger partial charge in [-0.05, 0) is 19.9 Å². The van der Waals surface area contributed by atoms with Gasteiger partial charge >= 0.3 is 0 Å². The lowest BCUT2D eigenvalue weighted by Gasteiger charge is -2.42. The van der Waals surface area contributed by atoms with Crippen LogP contribution in [0.15, 0.2) is 30.9 Å². The standard InChI is InChI=1S/C15H19F2N3O2S/c1-14(2,23-10-22-3)15(21,7-20-9-18-8-19-20)12-5-4-11(16)6-13(12)17/h4-6,8-9,21H,7,10H2,1-3H3. The number of thioether (sulfide) groups is 1. The third kappa shape index (κ3) is 3.70. The number of halogens is 2. The predicted octanol–water partition coefficient (Wildman–Crippen LogP) is 2.56. The maximum absolute atomic E-state index is 14.3. The number of aliphatic hydroxyl groups is 1. The number of methoxy groups -OCH3 is 1. The highest BCUT2D eigenvalue weighted by atomic mass is 32.2. The molecule has 0 radical (unpaired) electrons. The minimum Gasteiger partial charge on any atom is -0.382 e. The van der Waals surface area contributed by atoms with Crippen LogP contribution in [-0.4, -0.2) is 37.7 Å². The molecular formula is C15H19F2N3O2S. The number of aromatic nitrogens is 3. The third-order valence-corrected chi connectivity index (χ3v) is 5.18. The third-order valence-electron chi connectivity index (χ3n) is 3.77. The highest BCUT2D eigenvalue weighted by molar-refractivity contribution is 8.00. The average molecular weight is 343 g/mol. The Labute approximate surface area is 137 Å². The van der Waals surface area contributed by atoms with Crippen molar-refractivity contribution >= 4 is 11.8 Å². The molecule has 126 valence electrons. The van der Waals surface area contributed by atoms with Gasteiger partial charge in [0, 0.05) is 23.5 Å². The topological polar surface area (TPSA) is 60.2 Å². The fourth-order valence-electron chi connectivity index (χ4n) is 2.30. The molecule has 0 aliphatic heterocycles. The SMILES string of the molecule is COCSC(C)(C)C(O)(Cn1cncn1)c1ccc(F)cc1F. The van der Waals surface area contributed by atoms with E-state index in [1.807, 2.05) is 0 Å². The fourth-order valence-corrected chi connectivity index (χ4v) is 3.12. The van der Waals surface area contributed by atoms with E-state index in [0.717, 1.165) is 12.1 Å². The minimum atomic E-state index is -1.65. The Kier molecular flexibility index (Phi) is 5.38. The van der Waals surface area contributed by atoms with E-state index in [0.29, 0.717) is 5.94 Å². The highest BCUT2D eigenvalue weighted by Gasteiger charge is 2.47. The smallest absolute Gasteiger partial charge is 0.137 e. The molecule has 2 rings (SSSR count). The molecule has 1 aromatic carbocycles. The van der Waals surface area contributed by atoms with Crippen LogP contribution in [0.4, 0.5) is 8.78 Å². The normalized spacial score (nSPS) is 14.7. The van der Waals surface area contributed by atoms with Crippen molar-refractivity contribution in [3.8, 4) is 0 Å². The lowest BCUT2D eigenvalue weighted by molar-refractivity contribution is -0.0174. The molecule has 0 saturated heterocycles. The highest BCUT2D eigenvalue weighted by Crippen LogP contribution is 2.44. The Bertz CT molecular complexity index is 652. The van der Waals surface area contributed by atoms with Gasteiger partial charge in [-0.25, -0.2) is 18.4 Å². The monoisotopic (exact) mass is 343 g/mol. The first-order chi connectivity index (χ1) is 10.8. The quantitative estimate of drug-likeness (QED) is 0.783. The van der Waals surface area contributed by atoms with Crippen molar-refractivity contribution in [2.24, 2.45) is 0 Å². The number of nitrogens with zero attached hydrogens (tertiary/aromatic N) is 3. The molecule has 8 heteroatoms. The van der Waals surface area contributed by atoms with Crippen LogP contribution in [0, 0.1) is 11.6 Å². The van der Waals surface area contributed by atoms with E-state index < -0.39 is 22.0 Å². The molecule has 0 aliphatic rings. The van der Waals surface area contributed by atoms with Crippen LogP contribution in [0.25, 0.3) is 0 Å². The molecule has 1 unspecified atom stereocenters.